The summed E-state index contributed by atoms with van der Waals surface area (Å²) in [7, 11) is 0. The number of aryl methyl sites for hydroxylation is 1. The Morgan fingerprint density at radius 2 is 1.72 bits per heavy atom. The highest BCUT2D eigenvalue weighted by Crippen LogP contribution is 2.44. The van der Waals surface area contributed by atoms with E-state index in [9.17, 15) is 4.79 Å². The van der Waals surface area contributed by atoms with Crippen molar-refractivity contribution in [3.8, 4) is 11.4 Å². The van der Waals surface area contributed by atoms with Crippen LogP contribution in [0, 0.1) is 6.92 Å². The number of nitrogens with one attached hydrogen (secondary N) is 1. The van der Waals surface area contributed by atoms with E-state index in [2.05, 4.69) is 25.1 Å². The monoisotopic (exact) mass is 441 g/mol. The molecule has 1 atom stereocenters. The van der Waals surface area contributed by atoms with E-state index in [-0.39, 0.29) is 5.91 Å². The molecule has 0 aliphatic heterocycles. The number of thioether (sulfide) groups is 1. The SMILES string of the molecule is Cc1ccc(NC(=O)C(Sc2nnc(-c3ccncc3)n2C2CC2)c2ccccc2)cc1. The molecule has 4 aromatic rings. The van der Waals surface area contributed by atoms with E-state index >= 15 is 0 Å². The Bertz CT molecular complexity index is 1200. The van der Waals surface area contributed by atoms with Crippen LogP contribution in [-0.2, 0) is 4.79 Å². The summed E-state index contributed by atoms with van der Waals surface area (Å²) >= 11 is 1.44. The Hall–Kier alpha value is -3.45. The Balaban J connectivity index is 1.47. The molecule has 160 valence electrons. The highest BCUT2D eigenvalue weighted by molar-refractivity contribution is 8.00. The fourth-order valence-electron chi connectivity index (χ4n) is 3.57. The largest absolute Gasteiger partial charge is 0.325 e. The molecule has 2 aromatic heterocycles. The van der Waals surface area contributed by atoms with E-state index in [1.54, 1.807) is 12.4 Å². The van der Waals surface area contributed by atoms with Crippen LogP contribution in [0.15, 0.2) is 84.3 Å². The van der Waals surface area contributed by atoms with Crippen molar-refractivity contribution < 1.29 is 4.79 Å². The second-order valence-electron chi connectivity index (χ2n) is 7.91. The van der Waals surface area contributed by atoms with Crippen molar-refractivity contribution in [3.05, 3.63) is 90.3 Å². The van der Waals surface area contributed by atoms with E-state index < -0.39 is 5.25 Å². The molecule has 1 N–H and O–H groups in total. The van der Waals surface area contributed by atoms with Crippen molar-refractivity contribution in [1.29, 1.82) is 0 Å². The van der Waals surface area contributed by atoms with Crippen molar-refractivity contribution in [1.82, 2.24) is 19.7 Å². The van der Waals surface area contributed by atoms with Crippen LogP contribution >= 0.6 is 11.8 Å². The number of hydrogen-bond donors (Lipinski definition) is 1. The predicted molar refractivity (Wildman–Crippen MR) is 126 cm³/mol. The summed E-state index contributed by atoms with van der Waals surface area (Å²) in [6.07, 6.45) is 5.70. The van der Waals surface area contributed by atoms with Gasteiger partial charge in [0.15, 0.2) is 11.0 Å². The van der Waals surface area contributed by atoms with Crippen LogP contribution in [-0.4, -0.2) is 25.7 Å². The van der Waals surface area contributed by atoms with Gasteiger partial charge in [0.25, 0.3) is 0 Å². The van der Waals surface area contributed by atoms with Crippen LogP contribution in [0.4, 0.5) is 5.69 Å². The van der Waals surface area contributed by atoms with Crippen molar-refractivity contribution >= 4 is 23.4 Å². The zero-order chi connectivity index (χ0) is 21.9. The number of carbonyl (C=O) groups is 1. The van der Waals surface area contributed by atoms with Crippen LogP contribution < -0.4 is 5.32 Å². The number of pyridine rings is 1. The fraction of sp³-hybridized carbons (Fsp3) is 0.200. The zero-order valence-electron chi connectivity index (χ0n) is 17.7. The summed E-state index contributed by atoms with van der Waals surface area (Å²) in [5.41, 5.74) is 3.84. The molecule has 1 unspecified atom stereocenters. The van der Waals surface area contributed by atoms with Gasteiger partial charge in [-0.05, 0) is 49.6 Å². The first-order chi connectivity index (χ1) is 15.7. The summed E-state index contributed by atoms with van der Waals surface area (Å²) in [5.74, 6) is 0.740. The van der Waals surface area contributed by atoms with Crippen LogP contribution in [0.2, 0.25) is 0 Å². The van der Waals surface area contributed by atoms with Crippen LogP contribution in [0.3, 0.4) is 0 Å². The number of hydrogen-bond acceptors (Lipinski definition) is 5. The van der Waals surface area contributed by atoms with Crippen molar-refractivity contribution in [3.63, 3.8) is 0 Å². The summed E-state index contributed by atoms with van der Waals surface area (Å²) < 4.78 is 2.18. The Morgan fingerprint density at radius 1 is 1.00 bits per heavy atom. The number of rotatable bonds is 7. The molecule has 1 aliphatic rings. The minimum Gasteiger partial charge on any atom is -0.325 e. The van der Waals surface area contributed by atoms with E-state index in [1.807, 2.05) is 73.7 Å². The lowest BCUT2D eigenvalue weighted by molar-refractivity contribution is -0.115. The smallest absolute Gasteiger partial charge is 0.242 e. The van der Waals surface area contributed by atoms with Crippen LogP contribution in [0.5, 0.6) is 0 Å². The third kappa shape index (κ3) is 4.43. The van der Waals surface area contributed by atoms with E-state index in [0.717, 1.165) is 46.2 Å². The number of aromatic nitrogens is 4. The maximum atomic E-state index is 13.4. The van der Waals surface area contributed by atoms with Gasteiger partial charge < -0.3 is 5.32 Å². The maximum absolute atomic E-state index is 13.4. The lowest BCUT2D eigenvalue weighted by atomic mass is 10.1. The predicted octanol–water partition coefficient (Wildman–Crippen LogP) is 5.46. The molecule has 5 rings (SSSR count). The highest BCUT2D eigenvalue weighted by atomic mass is 32.2. The molecule has 0 saturated heterocycles. The summed E-state index contributed by atoms with van der Waals surface area (Å²) in [5, 5.41) is 12.3. The molecule has 1 fully saturated rings. The molecule has 32 heavy (non-hydrogen) atoms. The average molecular weight is 442 g/mol. The van der Waals surface area contributed by atoms with Gasteiger partial charge in [-0.25, -0.2) is 0 Å². The maximum Gasteiger partial charge on any atom is 0.242 e. The third-order valence-electron chi connectivity index (χ3n) is 5.40. The van der Waals surface area contributed by atoms with Gasteiger partial charge in [-0.3, -0.25) is 14.3 Å². The van der Waals surface area contributed by atoms with Gasteiger partial charge in [0.1, 0.15) is 5.25 Å². The Morgan fingerprint density at radius 3 is 2.41 bits per heavy atom. The van der Waals surface area contributed by atoms with Gasteiger partial charge in [-0.15, -0.1) is 10.2 Å². The van der Waals surface area contributed by atoms with Crippen molar-refractivity contribution in [2.45, 2.75) is 36.2 Å². The van der Waals surface area contributed by atoms with Crippen molar-refractivity contribution in [2.75, 3.05) is 5.32 Å². The number of carbonyl (C=O) groups excluding carboxylic acids is 1. The van der Waals surface area contributed by atoms with Gasteiger partial charge in [-0.2, -0.15) is 0 Å². The molecule has 6 nitrogen and oxygen atoms in total. The second-order valence-corrected chi connectivity index (χ2v) is 8.98. The lowest BCUT2D eigenvalue weighted by Crippen LogP contribution is -2.19. The molecule has 0 bridgehead atoms. The Labute approximate surface area is 191 Å². The lowest BCUT2D eigenvalue weighted by Gasteiger charge is -2.17. The van der Waals surface area contributed by atoms with E-state index in [0.29, 0.717) is 6.04 Å². The van der Waals surface area contributed by atoms with Gasteiger partial charge in [0.2, 0.25) is 5.91 Å². The second kappa shape index (κ2) is 8.96. The third-order valence-corrected chi connectivity index (χ3v) is 6.61. The van der Waals surface area contributed by atoms with E-state index in [1.165, 1.54) is 11.8 Å². The first kappa shape index (κ1) is 20.5. The first-order valence-corrected chi connectivity index (χ1v) is 11.5. The minimum atomic E-state index is -0.454. The molecular weight excluding hydrogens is 418 g/mol. The number of amides is 1. The summed E-state index contributed by atoms with van der Waals surface area (Å²) in [6, 6.07) is 21.9. The number of benzene rings is 2. The van der Waals surface area contributed by atoms with Gasteiger partial charge in [0.05, 0.1) is 0 Å². The minimum absolute atomic E-state index is 0.0825. The van der Waals surface area contributed by atoms with Crippen molar-refractivity contribution in [2.24, 2.45) is 0 Å². The Kier molecular flexibility index (Phi) is 5.73. The van der Waals surface area contributed by atoms with Crippen LogP contribution in [0.1, 0.15) is 35.3 Å². The average Bonchev–Trinajstić information content (AvgIpc) is 3.59. The van der Waals surface area contributed by atoms with Crippen LogP contribution in [0.25, 0.3) is 11.4 Å². The molecule has 1 amide bonds. The molecule has 0 spiro atoms. The number of anilines is 1. The zero-order valence-corrected chi connectivity index (χ0v) is 18.5. The molecule has 1 aliphatic carbocycles. The number of nitrogens with zero attached hydrogens (tertiary/aromatic N) is 4. The topological polar surface area (TPSA) is 72.7 Å². The highest BCUT2D eigenvalue weighted by Gasteiger charge is 2.33. The van der Waals surface area contributed by atoms with E-state index in [4.69, 9.17) is 0 Å². The molecule has 0 radical (unpaired) electrons. The fourth-order valence-corrected chi connectivity index (χ4v) is 4.68. The first-order valence-electron chi connectivity index (χ1n) is 10.6. The molecular formula is C25H23N5OS. The van der Waals surface area contributed by atoms with Gasteiger partial charge >= 0.3 is 0 Å². The quantitative estimate of drug-likeness (QED) is 0.386. The summed E-state index contributed by atoms with van der Waals surface area (Å²) in [6.45, 7) is 2.03. The standard InChI is InChI=1S/C25H23N5OS/c1-17-7-9-20(10-8-17)27-24(31)22(18-5-3-2-4-6-18)32-25-29-28-23(30(25)21-11-12-21)19-13-15-26-16-14-19/h2-10,13-16,21-22H,11-12H2,1H3,(H,27,31). The van der Waals surface area contributed by atoms with Gasteiger partial charge in [0, 0.05) is 29.7 Å². The molecule has 7 heteroatoms. The molecule has 2 aromatic carbocycles. The normalized spacial score (nSPS) is 14.2. The summed E-state index contributed by atoms with van der Waals surface area (Å²) in [4.78, 5) is 17.5. The molecule has 1 saturated carbocycles. The van der Waals surface area contributed by atoms with Gasteiger partial charge in [-0.1, -0.05) is 59.8 Å². The molecule has 2 heterocycles.